The molecule has 0 aromatic rings. The third kappa shape index (κ3) is 5.04. The van der Waals surface area contributed by atoms with E-state index in [4.69, 9.17) is 5.73 Å². The SMILES string of the molecule is CCC(=O)NC1CCN(C(=O)CCC(C)N)CC1. The van der Waals surface area contributed by atoms with E-state index in [-0.39, 0.29) is 23.9 Å². The highest BCUT2D eigenvalue weighted by molar-refractivity contribution is 5.77. The number of amides is 2. The molecule has 0 aliphatic carbocycles. The first-order chi connectivity index (χ1) is 8.52. The third-order valence-electron chi connectivity index (χ3n) is 3.35. The fourth-order valence-electron chi connectivity index (χ4n) is 2.11. The molecule has 1 heterocycles. The van der Waals surface area contributed by atoms with Crippen molar-refractivity contribution in [2.45, 2.75) is 58.0 Å². The van der Waals surface area contributed by atoms with Gasteiger partial charge in [-0.25, -0.2) is 0 Å². The number of likely N-dealkylation sites (tertiary alicyclic amines) is 1. The van der Waals surface area contributed by atoms with Gasteiger partial charge < -0.3 is 16.0 Å². The number of nitrogens with two attached hydrogens (primary N) is 1. The summed E-state index contributed by atoms with van der Waals surface area (Å²) in [6.07, 6.45) is 3.51. The number of nitrogens with zero attached hydrogens (tertiary/aromatic N) is 1. The Hall–Kier alpha value is -1.10. The summed E-state index contributed by atoms with van der Waals surface area (Å²) in [7, 11) is 0. The fraction of sp³-hybridized carbons (Fsp3) is 0.846. The fourth-order valence-corrected chi connectivity index (χ4v) is 2.11. The van der Waals surface area contributed by atoms with Crippen LogP contribution in [0.2, 0.25) is 0 Å². The van der Waals surface area contributed by atoms with E-state index >= 15 is 0 Å². The van der Waals surface area contributed by atoms with Crippen molar-refractivity contribution in [2.24, 2.45) is 5.73 Å². The van der Waals surface area contributed by atoms with Crippen LogP contribution >= 0.6 is 0 Å². The van der Waals surface area contributed by atoms with Crippen molar-refractivity contribution in [3.05, 3.63) is 0 Å². The summed E-state index contributed by atoms with van der Waals surface area (Å²) >= 11 is 0. The molecule has 1 saturated heterocycles. The van der Waals surface area contributed by atoms with Gasteiger partial charge in [0.25, 0.3) is 0 Å². The van der Waals surface area contributed by atoms with Gasteiger partial charge in [-0.3, -0.25) is 9.59 Å². The van der Waals surface area contributed by atoms with Gasteiger partial charge in [-0.05, 0) is 26.2 Å². The summed E-state index contributed by atoms with van der Waals surface area (Å²) < 4.78 is 0. The summed E-state index contributed by atoms with van der Waals surface area (Å²) in [6, 6.07) is 0.310. The normalized spacial score (nSPS) is 18.5. The highest BCUT2D eigenvalue weighted by Gasteiger charge is 2.23. The predicted octanol–water partition coefficient (Wildman–Crippen LogP) is 0.631. The molecule has 0 spiro atoms. The number of carbonyl (C=O) groups excluding carboxylic acids is 2. The smallest absolute Gasteiger partial charge is 0.222 e. The van der Waals surface area contributed by atoms with Crippen molar-refractivity contribution in [3.63, 3.8) is 0 Å². The maximum Gasteiger partial charge on any atom is 0.222 e. The molecule has 5 nitrogen and oxygen atoms in total. The molecule has 5 heteroatoms. The van der Waals surface area contributed by atoms with E-state index < -0.39 is 0 Å². The van der Waals surface area contributed by atoms with Crippen molar-refractivity contribution < 1.29 is 9.59 Å². The Labute approximate surface area is 109 Å². The van der Waals surface area contributed by atoms with Crippen molar-refractivity contribution in [1.29, 1.82) is 0 Å². The number of piperidine rings is 1. The van der Waals surface area contributed by atoms with E-state index in [9.17, 15) is 9.59 Å². The quantitative estimate of drug-likeness (QED) is 0.756. The van der Waals surface area contributed by atoms with Crippen LogP contribution < -0.4 is 11.1 Å². The minimum absolute atomic E-state index is 0.0790. The Bertz CT molecular complexity index is 284. The first-order valence-electron chi connectivity index (χ1n) is 6.85. The molecule has 1 aliphatic heterocycles. The van der Waals surface area contributed by atoms with E-state index in [0.29, 0.717) is 12.8 Å². The maximum atomic E-state index is 11.9. The molecule has 1 atom stereocenters. The van der Waals surface area contributed by atoms with E-state index in [1.165, 1.54) is 0 Å². The van der Waals surface area contributed by atoms with Crippen LogP contribution in [0.5, 0.6) is 0 Å². The lowest BCUT2D eigenvalue weighted by Gasteiger charge is -2.32. The number of nitrogens with one attached hydrogen (secondary N) is 1. The summed E-state index contributed by atoms with van der Waals surface area (Å²) in [6.45, 7) is 5.25. The lowest BCUT2D eigenvalue weighted by molar-refractivity contribution is -0.132. The molecule has 0 aromatic heterocycles. The van der Waals surface area contributed by atoms with Crippen LogP contribution in [-0.4, -0.2) is 41.9 Å². The summed E-state index contributed by atoms with van der Waals surface area (Å²) in [5.74, 6) is 0.282. The summed E-state index contributed by atoms with van der Waals surface area (Å²) in [5, 5.41) is 2.98. The lowest BCUT2D eigenvalue weighted by atomic mass is 10.0. The number of rotatable bonds is 5. The Morgan fingerprint density at radius 2 is 2.00 bits per heavy atom. The first-order valence-corrected chi connectivity index (χ1v) is 6.85. The zero-order valence-electron chi connectivity index (χ0n) is 11.4. The second kappa shape index (κ2) is 7.36. The molecule has 0 radical (unpaired) electrons. The highest BCUT2D eigenvalue weighted by Crippen LogP contribution is 2.12. The van der Waals surface area contributed by atoms with Crippen molar-refractivity contribution in [3.8, 4) is 0 Å². The molecule has 0 saturated carbocycles. The highest BCUT2D eigenvalue weighted by atomic mass is 16.2. The molecule has 0 bridgehead atoms. The largest absolute Gasteiger partial charge is 0.353 e. The molecule has 1 aliphatic rings. The third-order valence-corrected chi connectivity index (χ3v) is 3.35. The number of hydrogen-bond donors (Lipinski definition) is 2. The molecule has 2 amide bonds. The van der Waals surface area contributed by atoms with Crippen molar-refractivity contribution >= 4 is 11.8 Å². The first kappa shape index (κ1) is 15.0. The molecule has 18 heavy (non-hydrogen) atoms. The molecule has 3 N–H and O–H groups in total. The van der Waals surface area contributed by atoms with Crippen LogP contribution in [0.1, 0.15) is 46.0 Å². The standard InChI is InChI=1S/C13H25N3O2/c1-3-12(17)15-11-6-8-16(9-7-11)13(18)5-4-10(2)14/h10-11H,3-9,14H2,1-2H3,(H,15,17). The van der Waals surface area contributed by atoms with Gasteiger partial charge in [-0.2, -0.15) is 0 Å². The average Bonchev–Trinajstić information content (AvgIpc) is 2.36. The second-order valence-electron chi connectivity index (χ2n) is 5.09. The topological polar surface area (TPSA) is 75.4 Å². The van der Waals surface area contributed by atoms with E-state index in [1.54, 1.807) is 0 Å². The van der Waals surface area contributed by atoms with Gasteiger partial charge in [0.15, 0.2) is 0 Å². The monoisotopic (exact) mass is 255 g/mol. The second-order valence-corrected chi connectivity index (χ2v) is 5.09. The van der Waals surface area contributed by atoms with Crippen LogP contribution in [0, 0.1) is 0 Å². The lowest BCUT2D eigenvalue weighted by Crippen LogP contribution is -2.46. The Kier molecular flexibility index (Phi) is 6.12. The molecule has 1 fully saturated rings. The zero-order chi connectivity index (χ0) is 13.5. The summed E-state index contributed by atoms with van der Waals surface area (Å²) in [4.78, 5) is 25.0. The van der Waals surface area contributed by atoms with Gasteiger partial charge in [0.1, 0.15) is 0 Å². The molecule has 1 rings (SSSR count). The van der Waals surface area contributed by atoms with Crippen LogP contribution in [0.15, 0.2) is 0 Å². The van der Waals surface area contributed by atoms with E-state index in [0.717, 1.165) is 32.4 Å². The van der Waals surface area contributed by atoms with Gasteiger partial charge in [0.2, 0.25) is 11.8 Å². The molecule has 104 valence electrons. The van der Waals surface area contributed by atoms with Crippen LogP contribution in [0.3, 0.4) is 0 Å². The zero-order valence-corrected chi connectivity index (χ0v) is 11.4. The molecule has 1 unspecified atom stereocenters. The minimum Gasteiger partial charge on any atom is -0.353 e. The van der Waals surface area contributed by atoms with Gasteiger partial charge in [-0.15, -0.1) is 0 Å². The Balaban J connectivity index is 2.26. The van der Waals surface area contributed by atoms with Crippen molar-refractivity contribution in [1.82, 2.24) is 10.2 Å². The van der Waals surface area contributed by atoms with E-state index in [2.05, 4.69) is 5.32 Å². The molecule has 0 aromatic carbocycles. The van der Waals surface area contributed by atoms with Gasteiger partial charge in [0, 0.05) is 38.0 Å². The van der Waals surface area contributed by atoms with Crippen molar-refractivity contribution in [2.75, 3.05) is 13.1 Å². The van der Waals surface area contributed by atoms with E-state index in [1.807, 2.05) is 18.7 Å². The Morgan fingerprint density at radius 1 is 1.39 bits per heavy atom. The van der Waals surface area contributed by atoms with Crippen LogP contribution in [0.25, 0.3) is 0 Å². The summed E-state index contributed by atoms with van der Waals surface area (Å²) in [5.41, 5.74) is 5.64. The van der Waals surface area contributed by atoms with Gasteiger partial charge in [0.05, 0.1) is 0 Å². The van der Waals surface area contributed by atoms with Crippen LogP contribution in [-0.2, 0) is 9.59 Å². The minimum atomic E-state index is 0.0790. The predicted molar refractivity (Wildman–Crippen MR) is 70.9 cm³/mol. The van der Waals surface area contributed by atoms with Gasteiger partial charge in [-0.1, -0.05) is 6.92 Å². The number of hydrogen-bond acceptors (Lipinski definition) is 3. The maximum absolute atomic E-state index is 11.9. The Morgan fingerprint density at radius 3 is 2.50 bits per heavy atom. The average molecular weight is 255 g/mol. The number of carbonyl (C=O) groups is 2. The van der Waals surface area contributed by atoms with Gasteiger partial charge >= 0.3 is 0 Å². The molecular weight excluding hydrogens is 230 g/mol. The molecular formula is C13H25N3O2. The van der Waals surface area contributed by atoms with Crippen LogP contribution in [0.4, 0.5) is 0 Å².